The first-order valence-corrected chi connectivity index (χ1v) is 9.64. The van der Waals surface area contributed by atoms with E-state index in [4.69, 9.17) is 4.74 Å². The van der Waals surface area contributed by atoms with Crippen molar-refractivity contribution in [2.75, 3.05) is 6.61 Å². The van der Waals surface area contributed by atoms with Crippen LogP contribution in [0.25, 0.3) is 21.8 Å². The van der Waals surface area contributed by atoms with Gasteiger partial charge >= 0.3 is 5.97 Å². The molecule has 4 aromatic rings. The van der Waals surface area contributed by atoms with E-state index in [1.165, 1.54) is 0 Å². The highest BCUT2D eigenvalue weighted by Gasteiger charge is 2.19. The van der Waals surface area contributed by atoms with Crippen LogP contribution in [0.4, 0.5) is 0 Å². The van der Waals surface area contributed by atoms with Gasteiger partial charge in [-0.05, 0) is 53.6 Å². The molecule has 28 heavy (non-hydrogen) atoms. The van der Waals surface area contributed by atoms with Gasteiger partial charge in [0.25, 0.3) is 0 Å². The molecule has 0 fully saturated rings. The molecule has 0 N–H and O–H groups in total. The van der Waals surface area contributed by atoms with Crippen molar-refractivity contribution in [3.63, 3.8) is 0 Å². The number of pyridine rings is 1. The number of halogens is 1. The highest BCUT2D eigenvalue weighted by molar-refractivity contribution is 9.10. The Labute approximate surface area is 170 Å². The van der Waals surface area contributed by atoms with Crippen molar-refractivity contribution < 1.29 is 9.53 Å². The molecule has 2 heterocycles. The first-order valence-electron chi connectivity index (χ1n) is 8.85. The van der Waals surface area contributed by atoms with E-state index in [-0.39, 0.29) is 6.61 Å². The van der Waals surface area contributed by atoms with Crippen LogP contribution in [0.1, 0.15) is 28.7 Å². The number of fused-ring (bicyclic) bond motifs is 2. The minimum absolute atomic E-state index is 0.289. The summed E-state index contributed by atoms with van der Waals surface area (Å²) in [4.78, 5) is 17.0. The minimum Gasteiger partial charge on any atom is -0.461 e. The Morgan fingerprint density at radius 1 is 1.18 bits per heavy atom. The smallest absolute Gasteiger partial charge is 0.355 e. The van der Waals surface area contributed by atoms with Crippen molar-refractivity contribution in [1.82, 2.24) is 9.55 Å². The summed E-state index contributed by atoms with van der Waals surface area (Å²) in [6.07, 6.45) is 0. The van der Waals surface area contributed by atoms with Crippen LogP contribution in [0, 0.1) is 11.3 Å². The summed E-state index contributed by atoms with van der Waals surface area (Å²) >= 11 is 3.57. The molecular weight excluding hydrogens is 418 g/mol. The van der Waals surface area contributed by atoms with Gasteiger partial charge in [0.15, 0.2) is 0 Å². The molecule has 0 atom stereocenters. The second-order valence-corrected chi connectivity index (χ2v) is 7.26. The van der Waals surface area contributed by atoms with Crippen LogP contribution in [0.3, 0.4) is 0 Å². The van der Waals surface area contributed by atoms with E-state index in [2.05, 4.69) is 45.2 Å². The second kappa shape index (κ2) is 7.45. The van der Waals surface area contributed by atoms with Crippen molar-refractivity contribution >= 4 is 43.7 Å². The van der Waals surface area contributed by atoms with Gasteiger partial charge in [-0.1, -0.05) is 40.2 Å². The lowest BCUT2D eigenvalue weighted by atomic mass is 10.0. The number of esters is 1. The predicted octanol–water partition coefficient (Wildman–Crippen LogP) is 5.05. The Morgan fingerprint density at radius 3 is 2.79 bits per heavy atom. The van der Waals surface area contributed by atoms with E-state index in [0.29, 0.717) is 23.6 Å². The van der Waals surface area contributed by atoms with Crippen molar-refractivity contribution in [3.05, 3.63) is 76.0 Å². The first kappa shape index (κ1) is 18.2. The zero-order valence-electron chi connectivity index (χ0n) is 15.1. The summed E-state index contributed by atoms with van der Waals surface area (Å²) in [5.74, 6) is -0.404. The van der Waals surface area contributed by atoms with Gasteiger partial charge in [-0.25, -0.2) is 9.78 Å². The Morgan fingerprint density at radius 2 is 2.00 bits per heavy atom. The Kier molecular flexibility index (Phi) is 4.84. The summed E-state index contributed by atoms with van der Waals surface area (Å²) in [6.45, 7) is 2.50. The molecule has 138 valence electrons. The molecule has 0 aliphatic heterocycles. The molecule has 4 rings (SSSR count). The molecule has 0 saturated heterocycles. The number of carbonyl (C=O) groups is 1. The van der Waals surface area contributed by atoms with Crippen LogP contribution >= 0.6 is 15.9 Å². The number of nitriles is 1. The fourth-order valence-electron chi connectivity index (χ4n) is 3.37. The maximum Gasteiger partial charge on any atom is 0.355 e. The lowest BCUT2D eigenvalue weighted by Crippen LogP contribution is -2.13. The lowest BCUT2D eigenvalue weighted by Gasteiger charge is -2.13. The van der Waals surface area contributed by atoms with E-state index in [1.54, 1.807) is 25.1 Å². The molecule has 0 amide bonds. The van der Waals surface area contributed by atoms with E-state index >= 15 is 0 Å². The largest absolute Gasteiger partial charge is 0.461 e. The van der Waals surface area contributed by atoms with Crippen LogP contribution in [0.5, 0.6) is 0 Å². The van der Waals surface area contributed by atoms with Gasteiger partial charge in [-0.3, -0.25) is 0 Å². The molecule has 0 unspecified atom stereocenters. The molecule has 0 aliphatic rings. The fourth-order valence-corrected chi connectivity index (χ4v) is 3.90. The van der Waals surface area contributed by atoms with Crippen molar-refractivity contribution in [2.24, 2.45) is 0 Å². The van der Waals surface area contributed by atoms with Crippen molar-refractivity contribution in [2.45, 2.75) is 13.5 Å². The SMILES string of the molecule is CCOC(=O)c1cc2ccc(C#N)nc2n1Cc1cc(Br)cc2ccccc12. The summed E-state index contributed by atoms with van der Waals surface area (Å²) in [5.41, 5.74) is 2.35. The minimum atomic E-state index is -0.404. The summed E-state index contributed by atoms with van der Waals surface area (Å²) in [7, 11) is 0. The number of carbonyl (C=O) groups excluding carboxylic acids is 1. The van der Waals surface area contributed by atoms with Crippen LogP contribution < -0.4 is 0 Å². The van der Waals surface area contributed by atoms with Crippen molar-refractivity contribution in [3.8, 4) is 6.07 Å². The van der Waals surface area contributed by atoms with Gasteiger partial charge in [0.05, 0.1) is 13.2 Å². The Hall–Kier alpha value is -3.17. The van der Waals surface area contributed by atoms with Gasteiger partial charge in [0, 0.05) is 9.86 Å². The average molecular weight is 434 g/mol. The fraction of sp³-hybridized carbons (Fsp3) is 0.136. The third-order valence-corrected chi connectivity index (χ3v) is 5.04. The molecule has 5 nitrogen and oxygen atoms in total. The number of nitrogens with zero attached hydrogens (tertiary/aromatic N) is 3. The molecule has 0 bridgehead atoms. The van der Waals surface area contributed by atoms with Gasteiger partial charge in [0.1, 0.15) is 23.1 Å². The highest BCUT2D eigenvalue weighted by Crippen LogP contribution is 2.28. The molecular formula is C22H16BrN3O2. The third kappa shape index (κ3) is 3.25. The lowest BCUT2D eigenvalue weighted by molar-refractivity contribution is 0.0515. The second-order valence-electron chi connectivity index (χ2n) is 6.34. The zero-order chi connectivity index (χ0) is 19.7. The molecule has 6 heteroatoms. The van der Waals surface area contributed by atoms with Crippen LogP contribution in [-0.4, -0.2) is 22.1 Å². The average Bonchev–Trinajstić information content (AvgIpc) is 3.05. The van der Waals surface area contributed by atoms with Crippen molar-refractivity contribution in [1.29, 1.82) is 5.26 Å². The molecule has 2 aromatic heterocycles. The number of benzene rings is 2. The van der Waals surface area contributed by atoms with E-state index < -0.39 is 5.97 Å². The molecule has 0 saturated carbocycles. The van der Waals surface area contributed by atoms with Gasteiger partial charge in [0.2, 0.25) is 0 Å². The Balaban J connectivity index is 1.94. The normalized spacial score (nSPS) is 10.9. The number of hydrogen-bond acceptors (Lipinski definition) is 4. The summed E-state index contributed by atoms with van der Waals surface area (Å²) in [5, 5.41) is 12.2. The summed E-state index contributed by atoms with van der Waals surface area (Å²) in [6, 6.07) is 19.5. The molecule has 0 spiro atoms. The summed E-state index contributed by atoms with van der Waals surface area (Å²) < 4.78 is 8.02. The van der Waals surface area contributed by atoms with Crippen LogP contribution in [0.2, 0.25) is 0 Å². The number of aromatic nitrogens is 2. The number of hydrogen-bond donors (Lipinski definition) is 0. The standard InChI is InChI=1S/C22H16BrN3O2/c1-2-28-22(27)20-11-15-7-8-18(12-24)25-21(15)26(20)13-16-10-17(23)9-14-5-3-4-6-19(14)16/h3-11H,2,13H2,1H3. The topological polar surface area (TPSA) is 67.9 Å². The maximum absolute atomic E-state index is 12.6. The van der Waals surface area contributed by atoms with Crippen LogP contribution in [-0.2, 0) is 11.3 Å². The van der Waals surface area contributed by atoms with Gasteiger partial charge in [-0.15, -0.1) is 0 Å². The van der Waals surface area contributed by atoms with E-state index in [9.17, 15) is 10.1 Å². The zero-order valence-corrected chi connectivity index (χ0v) is 16.7. The van der Waals surface area contributed by atoms with E-state index in [0.717, 1.165) is 26.2 Å². The van der Waals surface area contributed by atoms with Gasteiger partial charge < -0.3 is 9.30 Å². The van der Waals surface area contributed by atoms with Crippen LogP contribution in [0.15, 0.2) is 59.1 Å². The Bertz CT molecular complexity index is 1250. The maximum atomic E-state index is 12.6. The molecule has 2 aromatic carbocycles. The van der Waals surface area contributed by atoms with E-state index in [1.807, 2.05) is 22.8 Å². The quantitative estimate of drug-likeness (QED) is 0.422. The van der Waals surface area contributed by atoms with Gasteiger partial charge in [-0.2, -0.15) is 5.26 Å². The highest BCUT2D eigenvalue weighted by atomic mass is 79.9. The molecule has 0 aliphatic carbocycles. The number of ether oxygens (including phenoxy) is 1. The number of rotatable bonds is 4. The monoisotopic (exact) mass is 433 g/mol. The first-order chi connectivity index (χ1) is 13.6. The third-order valence-electron chi connectivity index (χ3n) is 4.58. The molecule has 0 radical (unpaired) electrons. The predicted molar refractivity (Wildman–Crippen MR) is 111 cm³/mol.